The van der Waals surface area contributed by atoms with E-state index >= 15 is 0 Å². The Balaban J connectivity index is 2.18. The first kappa shape index (κ1) is 14.0. The van der Waals surface area contributed by atoms with E-state index in [4.69, 9.17) is 22.1 Å². The Bertz CT molecular complexity index is 588. The maximum atomic E-state index is 13.4. The van der Waals surface area contributed by atoms with Crippen molar-refractivity contribution >= 4 is 28.6 Å². The van der Waals surface area contributed by atoms with Gasteiger partial charge in [0.1, 0.15) is 12.4 Å². The highest BCUT2D eigenvalue weighted by Crippen LogP contribution is 2.24. The Hall–Kier alpha value is -1.47. The van der Waals surface area contributed by atoms with Gasteiger partial charge in [-0.3, -0.25) is 0 Å². The molecule has 2 aromatic rings. The molecule has 8 heteroatoms. The molecule has 0 fully saturated rings. The monoisotopic (exact) mass is 293 g/mol. The van der Waals surface area contributed by atoms with Crippen molar-refractivity contribution in [3.63, 3.8) is 0 Å². The molecule has 1 aromatic heterocycles. The number of rotatable bonds is 5. The molecule has 0 spiro atoms. The number of aromatic nitrogens is 2. The van der Waals surface area contributed by atoms with Crippen LogP contribution in [0, 0.1) is 5.82 Å². The van der Waals surface area contributed by atoms with E-state index < -0.39 is 18.8 Å². The first-order chi connectivity index (χ1) is 8.99. The van der Waals surface area contributed by atoms with Crippen molar-refractivity contribution in [1.29, 1.82) is 0 Å². The second kappa shape index (κ2) is 5.66. The zero-order valence-corrected chi connectivity index (χ0v) is 10.5. The van der Waals surface area contributed by atoms with Crippen molar-refractivity contribution in [1.82, 2.24) is 9.55 Å². The lowest BCUT2D eigenvalue weighted by Crippen LogP contribution is -2.12. The van der Waals surface area contributed by atoms with Crippen molar-refractivity contribution in [2.24, 2.45) is 0 Å². The molecule has 0 saturated heterocycles. The predicted octanol–water partition coefficient (Wildman–Crippen LogP) is 2.69. The molecule has 4 nitrogen and oxygen atoms in total. The number of halogens is 4. The number of nitrogens with two attached hydrogens (primary N) is 1. The SMILES string of the molecule is Nc1nc2cc(Cl)c(F)cc2n1CCOCC(F)F. The van der Waals surface area contributed by atoms with E-state index in [9.17, 15) is 13.2 Å². The highest BCUT2D eigenvalue weighted by molar-refractivity contribution is 6.31. The summed E-state index contributed by atoms with van der Waals surface area (Å²) in [5.74, 6) is -0.443. The molecule has 0 radical (unpaired) electrons. The van der Waals surface area contributed by atoms with Gasteiger partial charge in [-0.15, -0.1) is 0 Å². The third-order valence-corrected chi connectivity index (χ3v) is 2.81. The molecule has 0 atom stereocenters. The van der Waals surface area contributed by atoms with Crippen molar-refractivity contribution in [3.05, 3.63) is 23.0 Å². The standard InChI is InChI=1S/C11H11ClF3N3O/c12-6-3-8-9(4-7(6)13)18(11(16)17-8)1-2-19-5-10(14)15/h3-4,10H,1-2,5H2,(H2,16,17). The van der Waals surface area contributed by atoms with Crippen LogP contribution < -0.4 is 5.73 Å². The molecule has 0 saturated carbocycles. The van der Waals surface area contributed by atoms with Gasteiger partial charge in [-0.05, 0) is 6.07 Å². The van der Waals surface area contributed by atoms with Crippen LogP contribution in [0.5, 0.6) is 0 Å². The second-order valence-electron chi connectivity index (χ2n) is 3.84. The van der Waals surface area contributed by atoms with Gasteiger partial charge in [0.15, 0.2) is 0 Å². The molecular weight excluding hydrogens is 283 g/mol. The molecule has 2 rings (SSSR count). The summed E-state index contributed by atoms with van der Waals surface area (Å²) in [5.41, 5.74) is 6.56. The molecule has 1 heterocycles. The van der Waals surface area contributed by atoms with Gasteiger partial charge < -0.3 is 15.0 Å². The minimum Gasteiger partial charge on any atom is -0.374 e. The largest absolute Gasteiger partial charge is 0.374 e. The van der Waals surface area contributed by atoms with Crippen LogP contribution in [-0.2, 0) is 11.3 Å². The van der Waals surface area contributed by atoms with Crippen LogP contribution in [0.15, 0.2) is 12.1 Å². The van der Waals surface area contributed by atoms with Gasteiger partial charge in [0.25, 0.3) is 6.43 Å². The van der Waals surface area contributed by atoms with E-state index in [1.54, 1.807) is 0 Å². The van der Waals surface area contributed by atoms with Crippen molar-refractivity contribution < 1.29 is 17.9 Å². The van der Waals surface area contributed by atoms with Crippen molar-refractivity contribution in [2.75, 3.05) is 18.9 Å². The summed E-state index contributed by atoms with van der Waals surface area (Å²) in [6.45, 7) is -0.410. The van der Waals surface area contributed by atoms with Gasteiger partial charge in [-0.1, -0.05) is 11.6 Å². The number of imidazole rings is 1. The predicted molar refractivity (Wildman–Crippen MR) is 65.9 cm³/mol. The van der Waals surface area contributed by atoms with Crippen molar-refractivity contribution in [3.8, 4) is 0 Å². The van der Waals surface area contributed by atoms with Crippen LogP contribution in [0.25, 0.3) is 11.0 Å². The van der Waals surface area contributed by atoms with Gasteiger partial charge >= 0.3 is 0 Å². The Labute approximate surface area is 111 Å². The van der Waals surface area contributed by atoms with Gasteiger partial charge in [-0.2, -0.15) is 0 Å². The minimum atomic E-state index is -2.52. The number of ether oxygens (including phenoxy) is 1. The van der Waals surface area contributed by atoms with Gasteiger partial charge in [0.05, 0.1) is 22.7 Å². The zero-order valence-electron chi connectivity index (χ0n) is 9.75. The molecule has 2 N–H and O–H groups in total. The van der Waals surface area contributed by atoms with Crippen LogP contribution in [0.3, 0.4) is 0 Å². The topological polar surface area (TPSA) is 53.1 Å². The lowest BCUT2D eigenvalue weighted by atomic mass is 10.3. The number of nitrogen functional groups attached to an aromatic ring is 1. The number of nitrogens with zero attached hydrogens (tertiary/aromatic N) is 2. The Morgan fingerprint density at radius 1 is 1.42 bits per heavy atom. The second-order valence-corrected chi connectivity index (χ2v) is 4.25. The summed E-state index contributed by atoms with van der Waals surface area (Å²) in [6.07, 6.45) is -2.52. The molecule has 1 aromatic carbocycles. The number of alkyl halides is 2. The van der Waals surface area contributed by atoms with Crippen LogP contribution in [0.2, 0.25) is 5.02 Å². The fourth-order valence-electron chi connectivity index (χ4n) is 1.70. The summed E-state index contributed by atoms with van der Waals surface area (Å²) >= 11 is 5.64. The van der Waals surface area contributed by atoms with Crippen LogP contribution in [0.4, 0.5) is 19.1 Å². The lowest BCUT2D eigenvalue weighted by Gasteiger charge is -2.07. The van der Waals surface area contributed by atoms with E-state index in [0.29, 0.717) is 11.0 Å². The Kier molecular flexibility index (Phi) is 4.16. The van der Waals surface area contributed by atoms with E-state index in [-0.39, 0.29) is 24.1 Å². The fourth-order valence-corrected chi connectivity index (χ4v) is 1.86. The van der Waals surface area contributed by atoms with E-state index in [1.165, 1.54) is 16.7 Å². The summed E-state index contributed by atoms with van der Waals surface area (Å²) < 4.78 is 43.4. The van der Waals surface area contributed by atoms with E-state index in [2.05, 4.69) is 4.98 Å². The minimum absolute atomic E-state index is 0.0320. The molecule has 0 aliphatic carbocycles. The van der Waals surface area contributed by atoms with Gasteiger partial charge in [-0.25, -0.2) is 18.2 Å². The van der Waals surface area contributed by atoms with Gasteiger partial charge in [0.2, 0.25) is 5.95 Å². The fraction of sp³-hybridized carbons (Fsp3) is 0.364. The number of anilines is 1. The molecular formula is C11H11ClF3N3O. The third-order valence-electron chi connectivity index (χ3n) is 2.52. The van der Waals surface area contributed by atoms with Crippen LogP contribution >= 0.6 is 11.6 Å². The molecule has 0 aliphatic rings. The van der Waals surface area contributed by atoms with Crippen molar-refractivity contribution in [2.45, 2.75) is 13.0 Å². The van der Waals surface area contributed by atoms with E-state index in [1.807, 2.05) is 0 Å². The maximum absolute atomic E-state index is 13.4. The first-order valence-corrected chi connectivity index (χ1v) is 5.83. The molecule has 0 aliphatic heterocycles. The zero-order chi connectivity index (χ0) is 14.0. The molecule has 0 unspecified atom stereocenters. The first-order valence-electron chi connectivity index (χ1n) is 5.45. The van der Waals surface area contributed by atoms with E-state index in [0.717, 1.165) is 0 Å². The highest BCUT2D eigenvalue weighted by atomic mass is 35.5. The molecule has 0 bridgehead atoms. The summed E-state index contributed by atoms with van der Waals surface area (Å²) in [4.78, 5) is 4.01. The Morgan fingerprint density at radius 2 is 2.16 bits per heavy atom. The average Bonchev–Trinajstić information content (AvgIpc) is 2.61. The normalized spacial score (nSPS) is 11.6. The number of hydrogen-bond donors (Lipinski definition) is 1. The number of benzene rings is 1. The highest BCUT2D eigenvalue weighted by Gasteiger charge is 2.12. The smallest absolute Gasteiger partial charge is 0.261 e. The van der Waals surface area contributed by atoms with Crippen LogP contribution in [-0.4, -0.2) is 29.2 Å². The quantitative estimate of drug-likeness (QED) is 0.862. The summed E-state index contributed by atoms with van der Waals surface area (Å²) in [6, 6.07) is 2.56. The molecule has 104 valence electrons. The Morgan fingerprint density at radius 3 is 2.84 bits per heavy atom. The summed E-state index contributed by atoms with van der Waals surface area (Å²) in [7, 11) is 0. The van der Waals surface area contributed by atoms with Gasteiger partial charge in [0, 0.05) is 12.6 Å². The van der Waals surface area contributed by atoms with Crippen LogP contribution in [0.1, 0.15) is 0 Å². The number of hydrogen-bond acceptors (Lipinski definition) is 3. The average molecular weight is 294 g/mol. The summed E-state index contributed by atoms with van der Waals surface area (Å²) in [5, 5.41) is -0.0499. The maximum Gasteiger partial charge on any atom is 0.261 e. The number of fused-ring (bicyclic) bond motifs is 1. The molecule has 0 amide bonds. The molecule has 19 heavy (non-hydrogen) atoms. The third kappa shape index (κ3) is 3.10. The lowest BCUT2D eigenvalue weighted by molar-refractivity contribution is 0.0151.